The zero-order valence-electron chi connectivity index (χ0n) is 11.8. The van der Waals surface area contributed by atoms with E-state index in [0.717, 1.165) is 0 Å². The first-order valence-electron chi connectivity index (χ1n) is 6.80. The molecule has 0 heterocycles. The molecule has 0 bridgehead atoms. The third-order valence-corrected chi connectivity index (χ3v) is 3.14. The maximum atomic E-state index is 11.9. The third kappa shape index (κ3) is 4.06. The predicted octanol–water partition coefficient (Wildman–Crippen LogP) is 2.67. The fraction of sp³-hybridized carbons (Fsp3) is 0.111. The van der Waals surface area contributed by atoms with Gasteiger partial charge in [-0.3, -0.25) is 19.2 Å². The molecule has 110 valence electrons. The van der Waals surface area contributed by atoms with Crippen molar-refractivity contribution in [2.75, 3.05) is 0 Å². The molecule has 0 spiro atoms. The van der Waals surface area contributed by atoms with Gasteiger partial charge in [-0.25, -0.2) is 0 Å². The Morgan fingerprint density at radius 3 is 1.18 bits per heavy atom. The average Bonchev–Trinajstić information content (AvgIpc) is 2.56. The highest BCUT2D eigenvalue weighted by Gasteiger charge is 2.21. The number of rotatable bonds is 7. The lowest BCUT2D eigenvalue weighted by molar-refractivity contribution is -0.135. The summed E-state index contributed by atoms with van der Waals surface area (Å²) in [6.45, 7) is 0. The zero-order chi connectivity index (χ0) is 15.9. The molecule has 22 heavy (non-hydrogen) atoms. The number of ketones is 4. The van der Waals surface area contributed by atoms with Gasteiger partial charge < -0.3 is 0 Å². The molecule has 4 heteroatoms. The number of benzene rings is 2. The summed E-state index contributed by atoms with van der Waals surface area (Å²) in [7, 11) is 0. The van der Waals surface area contributed by atoms with E-state index in [0.29, 0.717) is 11.1 Å². The van der Waals surface area contributed by atoms with E-state index in [1.165, 1.54) is 0 Å². The van der Waals surface area contributed by atoms with Crippen LogP contribution in [0.4, 0.5) is 0 Å². The molecule has 4 nitrogen and oxygen atoms in total. The molecule has 2 rings (SSSR count). The molecule has 0 aromatic heterocycles. The van der Waals surface area contributed by atoms with Crippen molar-refractivity contribution < 1.29 is 19.2 Å². The predicted molar refractivity (Wildman–Crippen MR) is 80.8 cm³/mol. The quantitative estimate of drug-likeness (QED) is 0.447. The lowest BCUT2D eigenvalue weighted by Gasteiger charge is -2.01. The van der Waals surface area contributed by atoms with E-state index in [1.54, 1.807) is 60.7 Å². The number of carbonyl (C=O) groups excluding carboxylic acids is 4. The Bertz CT molecular complexity index is 639. The summed E-state index contributed by atoms with van der Waals surface area (Å²) in [5, 5.41) is 0. The third-order valence-electron chi connectivity index (χ3n) is 3.14. The fourth-order valence-corrected chi connectivity index (χ4v) is 1.94. The van der Waals surface area contributed by atoms with Crippen LogP contribution in [-0.4, -0.2) is 23.1 Å². The fourth-order valence-electron chi connectivity index (χ4n) is 1.94. The van der Waals surface area contributed by atoms with E-state index in [-0.39, 0.29) is 0 Å². The molecule has 0 radical (unpaired) electrons. The summed E-state index contributed by atoms with van der Waals surface area (Å²) in [4.78, 5) is 47.3. The lowest BCUT2D eigenvalue weighted by Crippen LogP contribution is -2.21. The molecule has 2 aromatic carbocycles. The Balaban J connectivity index is 1.94. The highest BCUT2D eigenvalue weighted by atomic mass is 16.2. The van der Waals surface area contributed by atoms with Gasteiger partial charge >= 0.3 is 0 Å². The minimum atomic E-state index is -0.835. The monoisotopic (exact) mass is 294 g/mol. The molecule has 0 saturated carbocycles. The minimum absolute atomic E-state index is 0.373. The molecule has 0 aliphatic heterocycles. The molecule has 0 unspecified atom stereocenters. The van der Waals surface area contributed by atoms with Gasteiger partial charge in [-0.1, -0.05) is 60.7 Å². The SMILES string of the molecule is O=C(CC(=O)c1ccccc1)C(=O)CC(=O)c1ccccc1. The second-order valence-corrected chi connectivity index (χ2v) is 4.78. The molecule has 0 aliphatic carbocycles. The van der Waals surface area contributed by atoms with Crippen LogP contribution >= 0.6 is 0 Å². The Labute approximate surface area is 127 Å². The van der Waals surface area contributed by atoms with Crippen LogP contribution in [0.5, 0.6) is 0 Å². The summed E-state index contributed by atoms with van der Waals surface area (Å²) in [6.07, 6.45) is -1.02. The Morgan fingerprint density at radius 1 is 0.545 bits per heavy atom. The van der Waals surface area contributed by atoms with Crippen LogP contribution in [-0.2, 0) is 9.59 Å². The Hall–Kier alpha value is -2.88. The normalized spacial score (nSPS) is 10.0. The van der Waals surface area contributed by atoms with E-state index in [1.807, 2.05) is 0 Å². The smallest absolute Gasteiger partial charge is 0.206 e. The maximum absolute atomic E-state index is 11.9. The van der Waals surface area contributed by atoms with E-state index in [2.05, 4.69) is 0 Å². The van der Waals surface area contributed by atoms with Crippen molar-refractivity contribution in [2.45, 2.75) is 12.8 Å². The van der Waals surface area contributed by atoms with Crippen molar-refractivity contribution >= 4 is 23.1 Å². The number of Topliss-reactive ketones (excluding diaryl/α,β-unsaturated/α-hetero) is 4. The van der Waals surface area contributed by atoms with Gasteiger partial charge in [0, 0.05) is 11.1 Å². The average molecular weight is 294 g/mol. The summed E-state index contributed by atoms with van der Waals surface area (Å²) in [5.41, 5.74) is 0.746. The first-order chi connectivity index (χ1) is 10.6. The Morgan fingerprint density at radius 2 is 0.864 bits per heavy atom. The van der Waals surface area contributed by atoms with Crippen molar-refractivity contribution in [1.29, 1.82) is 0 Å². The van der Waals surface area contributed by atoms with Crippen LogP contribution in [0.3, 0.4) is 0 Å². The summed E-state index contributed by atoms with van der Waals surface area (Å²) < 4.78 is 0. The maximum Gasteiger partial charge on any atom is 0.206 e. The molecule has 0 fully saturated rings. The van der Waals surface area contributed by atoms with Crippen LogP contribution < -0.4 is 0 Å². The molecule has 0 atom stereocenters. The summed E-state index contributed by atoms with van der Waals surface area (Å²) in [6, 6.07) is 16.5. The van der Waals surface area contributed by atoms with Crippen LogP contribution in [0.15, 0.2) is 60.7 Å². The van der Waals surface area contributed by atoms with Crippen LogP contribution in [0.2, 0.25) is 0 Å². The van der Waals surface area contributed by atoms with Crippen molar-refractivity contribution in [3.63, 3.8) is 0 Å². The molecule has 0 N–H and O–H groups in total. The van der Waals surface area contributed by atoms with Crippen LogP contribution in [0.25, 0.3) is 0 Å². The second kappa shape index (κ2) is 7.22. The summed E-state index contributed by atoms with van der Waals surface area (Å²) >= 11 is 0. The van der Waals surface area contributed by atoms with Crippen molar-refractivity contribution in [3.05, 3.63) is 71.8 Å². The largest absolute Gasteiger partial charge is 0.294 e. The minimum Gasteiger partial charge on any atom is -0.294 e. The van der Waals surface area contributed by atoms with Crippen molar-refractivity contribution in [3.8, 4) is 0 Å². The molecule has 0 saturated heterocycles. The standard InChI is InChI=1S/C18H14O4/c19-15(13-7-3-1-4-8-13)11-17(21)18(22)12-16(20)14-9-5-2-6-10-14/h1-10H,11-12H2. The number of carbonyl (C=O) groups is 4. The van der Waals surface area contributed by atoms with E-state index in [9.17, 15) is 19.2 Å². The van der Waals surface area contributed by atoms with Gasteiger partial charge in [0.2, 0.25) is 11.6 Å². The molecule has 0 amide bonds. The van der Waals surface area contributed by atoms with Gasteiger partial charge in [-0.15, -0.1) is 0 Å². The van der Waals surface area contributed by atoms with Gasteiger partial charge in [0.25, 0.3) is 0 Å². The molecular formula is C18H14O4. The first-order valence-corrected chi connectivity index (χ1v) is 6.80. The van der Waals surface area contributed by atoms with Crippen LogP contribution in [0, 0.1) is 0 Å². The molecule has 0 aliphatic rings. The number of hydrogen-bond donors (Lipinski definition) is 0. The zero-order valence-corrected chi connectivity index (χ0v) is 11.8. The molecular weight excluding hydrogens is 280 g/mol. The van der Waals surface area contributed by atoms with E-state index >= 15 is 0 Å². The van der Waals surface area contributed by atoms with Gasteiger partial charge in [0.05, 0.1) is 12.8 Å². The van der Waals surface area contributed by atoms with E-state index in [4.69, 9.17) is 0 Å². The van der Waals surface area contributed by atoms with Crippen LogP contribution in [0.1, 0.15) is 33.6 Å². The van der Waals surface area contributed by atoms with Gasteiger partial charge in [0.15, 0.2) is 11.6 Å². The topological polar surface area (TPSA) is 68.3 Å². The van der Waals surface area contributed by atoms with Crippen molar-refractivity contribution in [2.24, 2.45) is 0 Å². The summed E-state index contributed by atoms with van der Waals surface area (Å²) in [5.74, 6) is -2.52. The van der Waals surface area contributed by atoms with Gasteiger partial charge in [-0.2, -0.15) is 0 Å². The highest BCUT2D eigenvalue weighted by molar-refractivity contribution is 6.44. The van der Waals surface area contributed by atoms with Crippen molar-refractivity contribution in [1.82, 2.24) is 0 Å². The van der Waals surface area contributed by atoms with Gasteiger partial charge in [-0.05, 0) is 0 Å². The van der Waals surface area contributed by atoms with E-state index < -0.39 is 36.0 Å². The number of hydrogen-bond acceptors (Lipinski definition) is 4. The first kappa shape index (κ1) is 15.5. The lowest BCUT2D eigenvalue weighted by atomic mass is 10.00. The highest BCUT2D eigenvalue weighted by Crippen LogP contribution is 2.07. The molecule has 2 aromatic rings. The van der Waals surface area contributed by atoms with Gasteiger partial charge in [0.1, 0.15) is 0 Å². The second-order valence-electron chi connectivity index (χ2n) is 4.78. The Kier molecular flexibility index (Phi) is 5.09.